The molecule has 0 aliphatic carbocycles. The first-order chi connectivity index (χ1) is 9.30. The zero-order chi connectivity index (χ0) is 16.7. The van der Waals surface area contributed by atoms with E-state index in [1.54, 1.807) is 26.6 Å². The third kappa shape index (κ3) is 3.59. The summed E-state index contributed by atoms with van der Waals surface area (Å²) >= 11 is 0. The molecule has 2 unspecified atom stereocenters. The summed E-state index contributed by atoms with van der Waals surface area (Å²) in [4.78, 5) is 23.5. The van der Waals surface area contributed by atoms with Crippen LogP contribution in [0.25, 0.3) is 0 Å². The van der Waals surface area contributed by atoms with Gasteiger partial charge >= 0.3 is 24.9 Å². The molecule has 0 aromatic heterocycles. The van der Waals surface area contributed by atoms with E-state index in [1.165, 1.54) is 0 Å². The number of hydrogen-bond acceptors (Lipinski definition) is 9. The van der Waals surface area contributed by atoms with E-state index >= 15 is 0 Å². The molecule has 1 fully saturated rings. The van der Waals surface area contributed by atoms with E-state index in [0.717, 1.165) is 0 Å². The van der Waals surface area contributed by atoms with Gasteiger partial charge in [0.25, 0.3) is 5.78 Å². The Bertz CT molecular complexity index is 497. The second-order valence-electron chi connectivity index (χ2n) is 5.53. The quantitative estimate of drug-likeness (QED) is 0.190. The minimum Gasteiger partial charge on any atom is -0.516 e. The van der Waals surface area contributed by atoms with E-state index in [4.69, 9.17) is 8.95 Å². The second kappa shape index (κ2) is 5.54. The van der Waals surface area contributed by atoms with Crippen molar-refractivity contribution in [2.45, 2.75) is 44.3 Å². The molecule has 1 aliphatic heterocycles. The molecule has 21 heavy (non-hydrogen) atoms. The first-order valence-electron chi connectivity index (χ1n) is 6.21. The predicted octanol–water partition coefficient (Wildman–Crippen LogP) is -0.0895. The maximum absolute atomic E-state index is 11.9. The first-order valence-corrected chi connectivity index (χ1v) is 11.2. The summed E-state index contributed by atoms with van der Waals surface area (Å²) < 4.78 is 25.7. The number of aliphatic hydroxyl groups is 3. The molecule has 1 saturated heterocycles. The molecular formula is C10H19O9PSi. The molecule has 1 heterocycles. The lowest BCUT2D eigenvalue weighted by atomic mass is 10.1. The molecule has 0 bridgehead atoms. The zero-order valence-electron chi connectivity index (χ0n) is 12.2. The molecule has 3 N–H and O–H groups in total. The molecule has 11 heteroatoms. The second-order valence-corrected chi connectivity index (χ2v) is 12.0. The van der Waals surface area contributed by atoms with Crippen molar-refractivity contribution in [1.29, 1.82) is 0 Å². The third-order valence-electron chi connectivity index (χ3n) is 2.35. The summed E-state index contributed by atoms with van der Waals surface area (Å²) in [5, 5.41) is 28.9. The van der Waals surface area contributed by atoms with Gasteiger partial charge in [-0.25, -0.2) is 4.79 Å². The summed E-state index contributed by atoms with van der Waals surface area (Å²) in [7, 11) is -6.72. The summed E-state index contributed by atoms with van der Waals surface area (Å²) in [6.07, 6.45) is 0.429. The molecule has 0 radical (unpaired) electrons. The normalized spacial score (nSPS) is 29.1. The molecular weight excluding hydrogens is 323 g/mol. The standard InChI is InChI=1S/C10H19O9PSi/c1-5-6-17-20(16)10(15,19-20)7(11)9(13,14)8(12)18-21(2,3)4/h13-15H,5-6H2,1-4H3. The highest BCUT2D eigenvalue weighted by Gasteiger charge is 2.80. The van der Waals surface area contributed by atoms with Crippen LogP contribution in [0.2, 0.25) is 19.6 Å². The van der Waals surface area contributed by atoms with E-state index < -0.39 is 39.0 Å². The number of carbonyl (C=O) groups is 2. The van der Waals surface area contributed by atoms with Crippen molar-refractivity contribution in [2.75, 3.05) is 6.61 Å². The first kappa shape index (κ1) is 18.4. The number of rotatable bonds is 7. The Balaban J connectivity index is 2.88. The smallest absolute Gasteiger partial charge is 0.401 e. The van der Waals surface area contributed by atoms with E-state index in [2.05, 4.69) is 4.52 Å². The van der Waals surface area contributed by atoms with Crippen molar-refractivity contribution in [3.63, 3.8) is 0 Å². The van der Waals surface area contributed by atoms with Crippen molar-refractivity contribution < 1.29 is 42.9 Å². The lowest BCUT2D eigenvalue weighted by Gasteiger charge is -2.24. The van der Waals surface area contributed by atoms with Gasteiger partial charge in [0.1, 0.15) is 0 Å². The van der Waals surface area contributed by atoms with Crippen molar-refractivity contribution in [3.05, 3.63) is 0 Å². The fraction of sp³-hybridized carbons (Fsp3) is 0.800. The molecule has 0 amide bonds. The minimum atomic E-state index is -4.21. The Morgan fingerprint density at radius 1 is 1.33 bits per heavy atom. The third-order valence-corrected chi connectivity index (χ3v) is 5.04. The minimum absolute atomic E-state index is 0.0733. The average Bonchev–Trinajstić information content (AvgIpc) is 2.88. The van der Waals surface area contributed by atoms with Crippen LogP contribution in [-0.4, -0.2) is 53.3 Å². The lowest BCUT2D eigenvalue weighted by Crippen LogP contribution is -2.55. The van der Waals surface area contributed by atoms with E-state index in [0.29, 0.717) is 6.42 Å². The highest BCUT2D eigenvalue weighted by Crippen LogP contribution is 2.78. The summed E-state index contributed by atoms with van der Waals surface area (Å²) in [5.74, 6) is -7.22. The molecule has 122 valence electrons. The van der Waals surface area contributed by atoms with Gasteiger partial charge in [-0.05, 0) is 26.1 Å². The number of Topliss-reactive ketones (excluding diaryl/α,β-unsaturated/α-hetero) is 1. The molecule has 0 spiro atoms. The highest BCUT2D eigenvalue weighted by atomic mass is 31.2. The Labute approximate surface area is 122 Å². The molecule has 0 aromatic carbocycles. The lowest BCUT2D eigenvalue weighted by molar-refractivity contribution is -0.211. The van der Waals surface area contributed by atoms with Gasteiger partial charge in [0.15, 0.2) is 0 Å². The van der Waals surface area contributed by atoms with Crippen LogP contribution in [0.1, 0.15) is 13.3 Å². The maximum atomic E-state index is 11.9. The van der Waals surface area contributed by atoms with E-state index in [9.17, 15) is 29.5 Å². The van der Waals surface area contributed by atoms with Crippen molar-refractivity contribution in [2.24, 2.45) is 0 Å². The summed E-state index contributed by atoms with van der Waals surface area (Å²) in [6.45, 7) is 6.33. The van der Waals surface area contributed by atoms with Crippen LogP contribution in [0, 0.1) is 0 Å². The van der Waals surface area contributed by atoms with E-state index in [-0.39, 0.29) is 6.61 Å². The molecule has 1 aliphatic rings. The SMILES string of the molecule is CCCOP1(=O)OC1(O)C(=O)C(O)(O)C(=O)O[Si](C)(C)C. The Morgan fingerprint density at radius 2 is 1.86 bits per heavy atom. The average molecular weight is 342 g/mol. The van der Waals surface area contributed by atoms with Gasteiger partial charge in [-0.1, -0.05) is 6.92 Å². The topological polar surface area (TPSA) is 143 Å². The largest absolute Gasteiger partial charge is 0.516 e. The van der Waals surface area contributed by atoms with E-state index in [1.807, 2.05) is 0 Å². The van der Waals surface area contributed by atoms with Gasteiger partial charge in [-0.3, -0.25) is 13.9 Å². The number of hydrogen-bond donors (Lipinski definition) is 3. The van der Waals surface area contributed by atoms with Gasteiger partial charge < -0.3 is 24.3 Å². The van der Waals surface area contributed by atoms with Gasteiger partial charge in [0, 0.05) is 0 Å². The highest BCUT2D eigenvalue weighted by molar-refractivity contribution is 7.62. The van der Waals surface area contributed by atoms with Crippen LogP contribution in [0.4, 0.5) is 0 Å². The molecule has 0 aromatic rings. The van der Waals surface area contributed by atoms with Crippen molar-refractivity contribution in [1.82, 2.24) is 0 Å². The number of carbonyl (C=O) groups excluding carboxylic acids is 2. The molecule has 1 rings (SSSR count). The van der Waals surface area contributed by atoms with Crippen LogP contribution in [0.15, 0.2) is 0 Å². The van der Waals surface area contributed by atoms with Gasteiger partial charge in [-0.2, -0.15) is 0 Å². The van der Waals surface area contributed by atoms with Crippen LogP contribution in [0.5, 0.6) is 0 Å². The molecule has 0 saturated carbocycles. The Kier molecular flexibility index (Phi) is 4.87. The van der Waals surface area contributed by atoms with Gasteiger partial charge in [-0.15, -0.1) is 0 Å². The van der Waals surface area contributed by atoms with Crippen molar-refractivity contribution in [3.8, 4) is 0 Å². The number of ketones is 1. The fourth-order valence-corrected chi connectivity index (χ4v) is 3.64. The maximum Gasteiger partial charge on any atom is 0.401 e. The van der Waals surface area contributed by atoms with Gasteiger partial charge in [0.05, 0.1) is 6.61 Å². The van der Waals surface area contributed by atoms with Crippen LogP contribution in [-0.2, 0) is 27.6 Å². The van der Waals surface area contributed by atoms with Crippen LogP contribution < -0.4 is 0 Å². The Hall–Kier alpha value is -0.613. The van der Waals surface area contributed by atoms with Gasteiger partial charge in [0.2, 0.25) is 8.32 Å². The summed E-state index contributed by atoms with van der Waals surface area (Å²) in [6, 6.07) is 0. The fourth-order valence-electron chi connectivity index (χ4n) is 1.31. The molecule has 9 nitrogen and oxygen atoms in total. The van der Waals surface area contributed by atoms with Crippen molar-refractivity contribution >= 4 is 27.7 Å². The Morgan fingerprint density at radius 3 is 2.29 bits per heavy atom. The van der Waals surface area contributed by atoms with Crippen LogP contribution in [0.3, 0.4) is 0 Å². The molecule has 2 atom stereocenters. The monoisotopic (exact) mass is 342 g/mol. The predicted molar refractivity (Wildman–Crippen MR) is 71.5 cm³/mol. The summed E-state index contributed by atoms with van der Waals surface area (Å²) in [5.41, 5.74) is -3.04. The zero-order valence-corrected chi connectivity index (χ0v) is 14.0. The van der Waals surface area contributed by atoms with Crippen LogP contribution >= 0.6 is 7.60 Å².